The molecule has 3 heterocycles. The van der Waals surface area contributed by atoms with Crippen molar-refractivity contribution in [3.63, 3.8) is 0 Å². The van der Waals surface area contributed by atoms with Crippen LogP contribution in [0.15, 0.2) is 36.8 Å². The van der Waals surface area contributed by atoms with E-state index in [1.54, 1.807) is 4.68 Å². The molecule has 19 heavy (non-hydrogen) atoms. The second-order valence-corrected chi connectivity index (χ2v) is 4.44. The highest BCUT2D eigenvalue weighted by molar-refractivity contribution is 5.55. The van der Waals surface area contributed by atoms with Gasteiger partial charge in [0.15, 0.2) is 0 Å². The van der Waals surface area contributed by atoms with Gasteiger partial charge in [-0.05, 0) is 12.1 Å². The van der Waals surface area contributed by atoms with Crippen molar-refractivity contribution < 1.29 is 0 Å². The van der Waals surface area contributed by atoms with E-state index in [-0.39, 0.29) is 6.04 Å². The molecule has 0 radical (unpaired) electrons. The molecule has 7 nitrogen and oxygen atoms in total. The van der Waals surface area contributed by atoms with Crippen LogP contribution in [0.2, 0.25) is 0 Å². The number of nitrogens with zero attached hydrogens (tertiary/aromatic N) is 5. The van der Waals surface area contributed by atoms with Crippen LogP contribution in [0, 0.1) is 0 Å². The van der Waals surface area contributed by atoms with Crippen molar-refractivity contribution in [1.29, 1.82) is 0 Å². The molecule has 7 heteroatoms. The van der Waals surface area contributed by atoms with E-state index in [0.717, 1.165) is 16.8 Å². The molecule has 0 fully saturated rings. The summed E-state index contributed by atoms with van der Waals surface area (Å²) in [6.07, 6.45) is 6.29. The second-order valence-electron chi connectivity index (χ2n) is 4.44. The Kier molecular flexibility index (Phi) is 2.98. The zero-order valence-electron chi connectivity index (χ0n) is 10.6. The Bertz CT molecular complexity index is 684. The quantitative estimate of drug-likeness (QED) is 0.515. The molecule has 0 aromatic carbocycles. The number of hydrazine groups is 1. The van der Waals surface area contributed by atoms with Gasteiger partial charge in [-0.25, -0.2) is 4.52 Å². The molecular weight excluding hydrogens is 242 g/mol. The summed E-state index contributed by atoms with van der Waals surface area (Å²) < 4.78 is 3.51. The number of hydrogen-bond donors (Lipinski definition) is 2. The van der Waals surface area contributed by atoms with Crippen molar-refractivity contribution in [2.45, 2.75) is 12.5 Å². The molecule has 0 saturated heterocycles. The number of aromatic nitrogens is 5. The largest absolute Gasteiger partial charge is 0.271 e. The predicted octanol–water partition coefficient (Wildman–Crippen LogP) is 0.210. The lowest BCUT2D eigenvalue weighted by molar-refractivity contribution is 0.548. The molecule has 3 rings (SSSR count). The van der Waals surface area contributed by atoms with Crippen molar-refractivity contribution in [2.75, 3.05) is 0 Å². The third-order valence-electron chi connectivity index (χ3n) is 3.10. The van der Waals surface area contributed by atoms with E-state index in [1.807, 2.05) is 48.4 Å². The normalized spacial score (nSPS) is 12.9. The monoisotopic (exact) mass is 257 g/mol. The van der Waals surface area contributed by atoms with E-state index >= 15 is 0 Å². The van der Waals surface area contributed by atoms with E-state index < -0.39 is 0 Å². The topological polar surface area (TPSA) is 86.1 Å². The maximum atomic E-state index is 5.67. The summed E-state index contributed by atoms with van der Waals surface area (Å²) in [6.45, 7) is 0. The molecule has 0 amide bonds. The summed E-state index contributed by atoms with van der Waals surface area (Å²) in [5.74, 6) is 5.67. The fourth-order valence-corrected chi connectivity index (χ4v) is 2.18. The van der Waals surface area contributed by atoms with E-state index in [4.69, 9.17) is 5.84 Å². The van der Waals surface area contributed by atoms with E-state index in [9.17, 15) is 0 Å². The Balaban J connectivity index is 1.93. The van der Waals surface area contributed by atoms with Gasteiger partial charge < -0.3 is 0 Å². The van der Waals surface area contributed by atoms with Gasteiger partial charge in [0.1, 0.15) is 0 Å². The number of pyridine rings is 1. The molecule has 0 aliphatic heterocycles. The van der Waals surface area contributed by atoms with Gasteiger partial charge in [0.25, 0.3) is 0 Å². The van der Waals surface area contributed by atoms with Gasteiger partial charge in [-0.2, -0.15) is 5.10 Å². The highest BCUT2D eigenvalue weighted by Gasteiger charge is 2.17. The molecule has 3 N–H and O–H groups in total. The zero-order valence-corrected chi connectivity index (χ0v) is 10.6. The van der Waals surface area contributed by atoms with Gasteiger partial charge in [0.2, 0.25) is 0 Å². The lowest BCUT2D eigenvalue weighted by Crippen LogP contribution is -2.29. The average molecular weight is 257 g/mol. The van der Waals surface area contributed by atoms with E-state index in [2.05, 4.69) is 20.8 Å². The first-order valence-electron chi connectivity index (χ1n) is 6.01. The van der Waals surface area contributed by atoms with Crippen LogP contribution in [-0.4, -0.2) is 24.6 Å². The number of nitrogens with two attached hydrogens (primary N) is 1. The van der Waals surface area contributed by atoms with Crippen molar-refractivity contribution >= 4 is 5.52 Å². The Hall–Kier alpha value is -2.25. The van der Waals surface area contributed by atoms with Gasteiger partial charge in [0.05, 0.1) is 23.4 Å². The van der Waals surface area contributed by atoms with Crippen LogP contribution in [0.1, 0.15) is 17.3 Å². The maximum Gasteiger partial charge on any atom is 0.0846 e. The molecule has 0 aliphatic carbocycles. The fourth-order valence-electron chi connectivity index (χ4n) is 2.18. The van der Waals surface area contributed by atoms with Crippen LogP contribution in [0.25, 0.3) is 5.52 Å². The first-order valence-corrected chi connectivity index (χ1v) is 6.01. The first-order chi connectivity index (χ1) is 9.28. The lowest BCUT2D eigenvalue weighted by atomic mass is 10.0. The van der Waals surface area contributed by atoms with Crippen LogP contribution in [0.3, 0.4) is 0 Å². The third-order valence-corrected chi connectivity index (χ3v) is 3.10. The first kappa shape index (κ1) is 11.8. The van der Waals surface area contributed by atoms with Crippen LogP contribution < -0.4 is 11.3 Å². The highest BCUT2D eigenvalue weighted by atomic mass is 15.4. The van der Waals surface area contributed by atoms with Gasteiger partial charge in [-0.3, -0.25) is 16.0 Å². The summed E-state index contributed by atoms with van der Waals surface area (Å²) in [4.78, 5) is 0. The summed E-state index contributed by atoms with van der Waals surface area (Å²) in [5, 5.41) is 12.3. The Morgan fingerprint density at radius 2 is 2.32 bits per heavy atom. The van der Waals surface area contributed by atoms with Crippen molar-refractivity contribution in [2.24, 2.45) is 12.9 Å². The van der Waals surface area contributed by atoms with Gasteiger partial charge in [-0.15, -0.1) is 5.10 Å². The van der Waals surface area contributed by atoms with E-state index in [1.165, 1.54) is 0 Å². The summed E-state index contributed by atoms with van der Waals surface area (Å²) in [5.41, 5.74) is 5.80. The van der Waals surface area contributed by atoms with Gasteiger partial charge in [0, 0.05) is 31.4 Å². The summed E-state index contributed by atoms with van der Waals surface area (Å²) >= 11 is 0. The van der Waals surface area contributed by atoms with Crippen molar-refractivity contribution in [3.05, 3.63) is 48.0 Å². The SMILES string of the molecule is Cn1cc(CC(NN)c2cnn3ccccc23)nn1. The lowest BCUT2D eigenvalue weighted by Gasteiger charge is -2.13. The number of aryl methyl sites for hydroxylation is 1. The predicted molar refractivity (Wildman–Crippen MR) is 70.0 cm³/mol. The molecule has 1 atom stereocenters. The Morgan fingerprint density at radius 1 is 1.42 bits per heavy atom. The standard InChI is InChI=1S/C12H15N7/c1-18-8-9(16-17-18)6-11(15-13)10-7-14-19-5-3-2-4-12(10)19/h2-5,7-8,11,15H,6,13H2,1H3. The number of fused-ring (bicyclic) bond motifs is 1. The minimum Gasteiger partial charge on any atom is -0.271 e. The molecule has 0 saturated carbocycles. The zero-order chi connectivity index (χ0) is 13.2. The molecule has 98 valence electrons. The van der Waals surface area contributed by atoms with Crippen molar-refractivity contribution in [3.8, 4) is 0 Å². The Labute approximate surface area is 110 Å². The number of rotatable bonds is 4. The van der Waals surface area contributed by atoms with Crippen LogP contribution in [0.5, 0.6) is 0 Å². The van der Waals surface area contributed by atoms with Crippen LogP contribution in [0.4, 0.5) is 0 Å². The molecule has 3 aromatic rings. The molecule has 0 bridgehead atoms. The molecule has 0 aliphatic rings. The van der Waals surface area contributed by atoms with Gasteiger partial charge in [-0.1, -0.05) is 11.3 Å². The molecule has 1 unspecified atom stereocenters. The summed E-state index contributed by atoms with van der Waals surface area (Å²) in [6, 6.07) is 5.90. The minimum atomic E-state index is -0.0448. The van der Waals surface area contributed by atoms with Crippen LogP contribution in [-0.2, 0) is 13.5 Å². The van der Waals surface area contributed by atoms with Gasteiger partial charge >= 0.3 is 0 Å². The molecule has 3 aromatic heterocycles. The number of nitrogens with one attached hydrogen (secondary N) is 1. The average Bonchev–Trinajstić information content (AvgIpc) is 3.02. The third kappa shape index (κ3) is 2.20. The van der Waals surface area contributed by atoms with Crippen LogP contribution >= 0.6 is 0 Å². The van der Waals surface area contributed by atoms with E-state index in [0.29, 0.717) is 6.42 Å². The molecule has 0 spiro atoms. The second kappa shape index (κ2) is 4.79. The maximum absolute atomic E-state index is 5.67. The fraction of sp³-hybridized carbons (Fsp3) is 0.250. The smallest absolute Gasteiger partial charge is 0.0846 e. The summed E-state index contributed by atoms with van der Waals surface area (Å²) in [7, 11) is 1.84. The Morgan fingerprint density at radius 3 is 3.05 bits per heavy atom. The molecular formula is C12H15N7. The highest BCUT2D eigenvalue weighted by Crippen LogP contribution is 2.21. The van der Waals surface area contributed by atoms with Crippen molar-refractivity contribution in [1.82, 2.24) is 30.0 Å². The number of hydrogen-bond acceptors (Lipinski definition) is 5. The minimum absolute atomic E-state index is 0.0448.